The van der Waals surface area contributed by atoms with Gasteiger partial charge in [-0.2, -0.15) is 0 Å². The lowest BCUT2D eigenvalue weighted by Gasteiger charge is -2.37. The summed E-state index contributed by atoms with van der Waals surface area (Å²) in [6, 6.07) is 5.08. The van der Waals surface area contributed by atoms with Crippen LogP contribution in [0.1, 0.15) is 44.4 Å². The van der Waals surface area contributed by atoms with Gasteiger partial charge in [-0.3, -0.25) is 0 Å². The summed E-state index contributed by atoms with van der Waals surface area (Å²) in [6.45, 7) is 8.84. The molecule has 0 amide bonds. The molecule has 1 rings (SSSR count). The van der Waals surface area contributed by atoms with Crippen LogP contribution in [0.25, 0.3) is 0 Å². The number of methoxy groups -OCH3 is 1. The maximum absolute atomic E-state index is 14.1. The highest BCUT2D eigenvalue weighted by atomic mass is 19.1. The molecule has 0 radical (unpaired) electrons. The van der Waals surface area contributed by atoms with Crippen LogP contribution in [-0.4, -0.2) is 19.3 Å². The van der Waals surface area contributed by atoms with Crippen LogP contribution < -0.4 is 5.32 Å². The number of benzene rings is 1. The number of aryl methyl sites for hydroxylation is 1. The first-order chi connectivity index (χ1) is 8.48. The Balaban J connectivity index is 3.22. The SMILES string of the molecule is CCNC(c1cc(C)ccc1F)C(C)(CC)OC. The summed E-state index contributed by atoms with van der Waals surface area (Å²) < 4.78 is 19.7. The van der Waals surface area contributed by atoms with Crippen molar-refractivity contribution in [1.29, 1.82) is 0 Å². The van der Waals surface area contributed by atoms with E-state index < -0.39 is 5.60 Å². The molecular weight excluding hydrogens is 229 g/mol. The zero-order chi connectivity index (χ0) is 13.8. The molecule has 1 N–H and O–H groups in total. The summed E-state index contributed by atoms with van der Waals surface area (Å²) in [5, 5.41) is 3.34. The number of hydrogen-bond acceptors (Lipinski definition) is 2. The Labute approximate surface area is 110 Å². The van der Waals surface area contributed by atoms with E-state index >= 15 is 0 Å². The van der Waals surface area contributed by atoms with Crippen molar-refractivity contribution < 1.29 is 9.13 Å². The van der Waals surface area contributed by atoms with Crippen molar-refractivity contribution in [3.63, 3.8) is 0 Å². The fourth-order valence-corrected chi connectivity index (χ4v) is 2.21. The molecule has 0 aliphatic rings. The Morgan fingerprint density at radius 1 is 1.39 bits per heavy atom. The monoisotopic (exact) mass is 253 g/mol. The quantitative estimate of drug-likeness (QED) is 0.836. The van der Waals surface area contributed by atoms with Gasteiger partial charge >= 0.3 is 0 Å². The fourth-order valence-electron chi connectivity index (χ4n) is 2.21. The Kier molecular flexibility index (Phi) is 5.29. The first-order valence-electron chi connectivity index (χ1n) is 6.53. The predicted molar refractivity (Wildman–Crippen MR) is 73.3 cm³/mol. The molecule has 3 heteroatoms. The van der Waals surface area contributed by atoms with Gasteiger partial charge in [-0.1, -0.05) is 31.5 Å². The summed E-state index contributed by atoms with van der Waals surface area (Å²) in [7, 11) is 1.68. The van der Waals surface area contributed by atoms with Gasteiger partial charge in [0.05, 0.1) is 11.6 Å². The van der Waals surface area contributed by atoms with Crippen LogP contribution in [0.2, 0.25) is 0 Å². The average molecular weight is 253 g/mol. The molecule has 2 atom stereocenters. The van der Waals surface area contributed by atoms with Crippen LogP contribution in [0.4, 0.5) is 4.39 Å². The van der Waals surface area contributed by atoms with E-state index in [-0.39, 0.29) is 11.9 Å². The highest BCUT2D eigenvalue weighted by Crippen LogP contribution is 2.33. The summed E-state index contributed by atoms with van der Waals surface area (Å²) in [6.07, 6.45) is 0.814. The molecule has 102 valence electrons. The lowest BCUT2D eigenvalue weighted by atomic mass is 9.86. The number of ether oxygens (including phenoxy) is 1. The van der Waals surface area contributed by atoms with Crippen molar-refractivity contribution in [3.8, 4) is 0 Å². The van der Waals surface area contributed by atoms with Crippen LogP contribution >= 0.6 is 0 Å². The van der Waals surface area contributed by atoms with Crippen LogP contribution in [-0.2, 0) is 4.74 Å². The van der Waals surface area contributed by atoms with Crippen molar-refractivity contribution in [3.05, 3.63) is 35.1 Å². The van der Waals surface area contributed by atoms with E-state index in [1.165, 1.54) is 6.07 Å². The lowest BCUT2D eigenvalue weighted by Crippen LogP contribution is -2.43. The van der Waals surface area contributed by atoms with Gasteiger partial charge in [-0.15, -0.1) is 0 Å². The first kappa shape index (κ1) is 15.1. The minimum absolute atomic E-state index is 0.141. The van der Waals surface area contributed by atoms with Crippen molar-refractivity contribution in [1.82, 2.24) is 5.32 Å². The van der Waals surface area contributed by atoms with E-state index in [0.717, 1.165) is 18.5 Å². The van der Waals surface area contributed by atoms with Crippen molar-refractivity contribution in [2.45, 2.75) is 45.8 Å². The van der Waals surface area contributed by atoms with Crippen molar-refractivity contribution >= 4 is 0 Å². The van der Waals surface area contributed by atoms with Crippen LogP contribution in [0.5, 0.6) is 0 Å². The van der Waals surface area contributed by atoms with Crippen LogP contribution in [0.15, 0.2) is 18.2 Å². The molecule has 0 saturated heterocycles. The zero-order valence-electron chi connectivity index (χ0n) is 12.0. The van der Waals surface area contributed by atoms with Gasteiger partial charge in [-0.25, -0.2) is 4.39 Å². The molecule has 18 heavy (non-hydrogen) atoms. The van der Waals surface area contributed by atoms with Gasteiger partial charge in [0, 0.05) is 12.7 Å². The van der Waals surface area contributed by atoms with Crippen LogP contribution in [0, 0.1) is 12.7 Å². The van der Waals surface area contributed by atoms with Gasteiger partial charge in [0.2, 0.25) is 0 Å². The number of halogens is 1. The second kappa shape index (κ2) is 6.30. The molecule has 0 fully saturated rings. The van der Waals surface area contributed by atoms with Gasteiger partial charge < -0.3 is 10.1 Å². The molecule has 2 nitrogen and oxygen atoms in total. The standard InChI is InChI=1S/C15H24FNO/c1-6-15(4,18-5)14(17-7-2)12-10-11(3)8-9-13(12)16/h8-10,14,17H,6-7H2,1-5H3. The van der Waals surface area contributed by atoms with Gasteiger partial charge in [-0.05, 0) is 32.9 Å². The largest absolute Gasteiger partial charge is 0.377 e. The third-order valence-corrected chi connectivity index (χ3v) is 3.65. The average Bonchev–Trinajstić information content (AvgIpc) is 2.38. The summed E-state index contributed by atoms with van der Waals surface area (Å²) in [5.41, 5.74) is 1.33. The van der Waals surface area contributed by atoms with Gasteiger partial charge in [0.15, 0.2) is 0 Å². The van der Waals surface area contributed by atoms with E-state index in [4.69, 9.17) is 4.74 Å². The maximum atomic E-state index is 14.1. The molecule has 1 aromatic rings. The molecule has 0 aromatic heterocycles. The highest BCUT2D eigenvalue weighted by Gasteiger charge is 2.34. The van der Waals surface area contributed by atoms with E-state index in [0.29, 0.717) is 5.56 Å². The minimum Gasteiger partial charge on any atom is -0.377 e. The van der Waals surface area contributed by atoms with E-state index in [9.17, 15) is 4.39 Å². The molecule has 0 aliphatic carbocycles. The predicted octanol–water partition coefficient (Wildman–Crippen LogP) is 3.60. The second-order valence-corrected chi connectivity index (χ2v) is 4.89. The normalized spacial score (nSPS) is 16.3. The van der Waals surface area contributed by atoms with Crippen LogP contribution in [0.3, 0.4) is 0 Å². The maximum Gasteiger partial charge on any atom is 0.128 e. The fraction of sp³-hybridized carbons (Fsp3) is 0.600. The Bertz CT molecular complexity index is 388. The number of rotatable bonds is 6. The third-order valence-electron chi connectivity index (χ3n) is 3.65. The summed E-state index contributed by atoms with van der Waals surface area (Å²) in [4.78, 5) is 0. The number of likely N-dealkylation sites (N-methyl/N-ethyl adjacent to an activating group) is 1. The molecule has 0 heterocycles. The summed E-state index contributed by atoms with van der Waals surface area (Å²) >= 11 is 0. The Morgan fingerprint density at radius 2 is 2.06 bits per heavy atom. The molecule has 2 unspecified atom stereocenters. The lowest BCUT2D eigenvalue weighted by molar-refractivity contribution is -0.0304. The van der Waals surface area contributed by atoms with Crippen molar-refractivity contribution in [2.75, 3.05) is 13.7 Å². The van der Waals surface area contributed by atoms with Gasteiger partial charge in [0.1, 0.15) is 5.82 Å². The minimum atomic E-state index is -0.412. The van der Waals surface area contributed by atoms with Crippen molar-refractivity contribution in [2.24, 2.45) is 0 Å². The Morgan fingerprint density at radius 3 is 2.56 bits per heavy atom. The first-order valence-corrected chi connectivity index (χ1v) is 6.53. The van der Waals surface area contributed by atoms with E-state index in [1.807, 2.05) is 26.8 Å². The summed E-state index contributed by atoms with van der Waals surface area (Å²) in [5.74, 6) is -0.178. The van der Waals surface area contributed by atoms with Gasteiger partial charge in [0.25, 0.3) is 0 Å². The molecule has 0 spiro atoms. The third kappa shape index (κ3) is 3.09. The number of nitrogens with one attached hydrogen (secondary N) is 1. The molecule has 0 bridgehead atoms. The molecular formula is C15H24FNO. The topological polar surface area (TPSA) is 21.3 Å². The molecule has 0 aliphatic heterocycles. The molecule has 1 aromatic carbocycles. The van der Waals surface area contributed by atoms with E-state index in [2.05, 4.69) is 12.2 Å². The highest BCUT2D eigenvalue weighted by molar-refractivity contribution is 5.29. The van der Waals surface area contributed by atoms with E-state index in [1.54, 1.807) is 13.2 Å². The smallest absolute Gasteiger partial charge is 0.128 e. The molecule has 0 saturated carbocycles. The zero-order valence-corrected chi connectivity index (χ0v) is 12.0. The number of hydrogen-bond donors (Lipinski definition) is 1. The Hall–Kier alpha value is -0.930. The second-order valence-electron chi connectivity index (χ2n) is 4.89.